The number of halogens is 1. The summed E-state index contributed by atoms with van der Waals surface area (Å²) in [6.45, 7) is 1.99. The van der Waals surface area contributed by atoms with Gasteiger partial charge in [-0.05, 0) is 13.0 Å². The van der Waals surface area contributed by atoms with E-state index in [1.165, 1.54) is 12.1 Å². The third kappa shape index (κ3) is 4.03. The fourth-order valence-corrected chi connectivity index (χ4v) is 1.39. The van der Waals surface area contributed by atoms with Gasteiger partial charge in [-0.15, -0.1) is 0 Å². The lowest BCUT2D eigenvalue weighted by Crippen LogP contribution is -2.20. The third-order valence-corrected chi connectivity index (χ3v) is 2.33. The number of carbonyl (C=O) groups is 1. The maximum Gasteiger partial charge on any atom is 0.223 e. The maximum atomic E-state index is 13.1. The Morgan fingerprint density at radius 3 is 2.88 bits per heavy atom. The van der Waals surface area contributed by atoms with E-state index in [1.54, 1.807) is 20.0 Å². The summed E-state index contributed by atoms with van der Waals surface area (Å²) in [7, 11) is 1.55. The molecule has 0 saturated heterocycles. The molecule has 1 aromatic carbocycles. The summed E-state index contributed by atoms with van der Waals surface area (Å²) in [5.74, 6) is -0.114. The van der Waals surface area contributed by atoms with E-state index in [1.807, 2.05) is 0 Å². The van der Waals surface area contributed by atoms with Crippen molar-refractivity contribution < 1.29 is 13.9 Å². The molecule has 0 spiro atoms. The summed E-state index contributed by atoms with van der Waals surface area (Å²) in [6.07, 6.45) is 0.228. The van der Waals surface area contributed by atoms with E-state index in [0.717, 1.165) is 5.56 Å². The molecule has 1 rings (SSSR count). The van der Waals surface area contributed by atoms with Crippen LogP contribution in [0.1, 0.15) is 24.9 Å². The van der Waals surface area contributed by atoms with Gasteiger partial charge in [0.05, 0.1) is 13.0 Å². The molecule has 0 unspecified atom stereocenters. The van der Waals surface area contributed by atoms with E-state index in [0.29, 0.717) is 5.75 Å². The Morgan fingerprint density at radius 2 is 2.29 bits per heavy atom. The van der Waals surface area contributed by atoms with Crippen LogP contribution in [-0.2, 0) is 4.79 Å². The molecule has 0 aliphatic rings. The number of hydrogen-bond donors (Lipinski definition) is 2. The predicted molar refractivity (Wildman–Crippen MR) is 63.2 cm³/mol. The highest BCUT2D eigenvalue weighted by molar-refractivity contribution is 5.75. The van der Waals surface area contributed by atoms with Crippen molar-refractivity contribution in [2.45, 2.75) is 19.4 Å². The molecule has 1 aromatic rings. The molecule has 5 heteroatoms. The van der Waals surface area contributed by atoms with Crippen molar-refractivity contribution in [1.82, 2.24) is 5.32 Å². The van der Waals surface area contributed by atoms with Gasteiger partial charge in [0.1, 0.15) is 11.6 Å². The van der Waals surface area contributed by atoms with E-state index in [2.05, 4.69) is 5.32 Å². The van der Waals surface area contributed by atoms with Gasteiger partial charge in [0, 0.05) is 24.7 Å². The molecule has 94 valence electrons. The number of carbonyl (C=O) groups excluding carboxylic acids is 1. The Kier molecular flexibility index (Phi) is 4.90. The third-order valence-electron chi connectivity index (χ3n) is 2.33. The molecule has 0 radical (unpaired) electrons. The Hall–Kier alpha value is -1.62. The van der Waals surface area contributed by atoms with Gasteiger partial charge in [-0.25, -0.2) is 4.39 Å². The molecule has 1 atom stereocenters. The lowest BCUT2D eigenvalue weighted by Gasteiger charge is -2.13. The van der Waals surface area contributed by atoms with Crippen molar-refractivity contribution in [3.8, 4) is 5.75 Å². The average Bonchev–Trinajstić information content (AvgIpc) is 2.28. The molecule has 0 saturated carbocycles. The van der Waals surface area contributed by atoms with E-state index in [4.69, 9.17) is 10.5 Å². The van der Waals surface area contributed by atoms with E-state index < -0.39 is 0 Å². The number of ether oxygens (including phenoxy) is 1. The van der Waals surface area contributed by atoms with Crippen molar-refractivity contribution in [3.63, 3.8) is 0 Å². The Balaban J connectivity index is 2.68. The summed E-state index contributed by atoms with van der Waals surface area (Å²) in [5, 5.41) is 2.48. The summed E-state index contributed by atoms with van der Waals surface area (Å²) in [4.78, 5) is 11.0. The van der Waals surface area contributed by atoms with Gasteiger partial charge < -0.3 is 15.8 Å². The zero-order valence-corrected chi connectivity index (χ0v) is 10.00. The van der Waals surface area contributed by atoms with E-state index >= 15 is 0 Å². The van der Waals surface area contributed by atoms with Crippen LogP contribution in [-0.4, -0.2) is 19.6 Å². The Morgan fingerprint density at radius 1 is 1.59 bits per heavy atom. The lowest BCUT2D eigenvalue weighted by atomic mass is 10.1. The zero-order valence-electron chi connectivity index (χ0n) is 10.00. The van der Waals surface area contributed by atoms with Gasteiger partial charge in [-0.1, -0.05) is 6.07 Å². The quantitative estimate of drug-likeness (QED) is 0.816. The molecule has 0 aliphatic carbocycles. The number of nitrogens with two attached hydrogens (primary N) is 1. The highest BCUT2D eigenvalue weighted by Crippen LogP contribution is 2.24. The largest absolute Gasteiger partial charge is 0.493 e. The fourth-order valence-electron chi connectivity index (χ4n) is 1.39. The van der Waals surface area contributed by atoms with Gasteiger partial charge in [-0.3, -0.25) is 4.79 Å². The predicted octanol–water partition coefficient (Wildman–Crippen LogP) is 1.36. The number of amides is 1. The average molecular weight is 240 g/mol. The van der Waals surface area contributed by atoms with Crippen LogP contribution in [0.3, 0.4) is 0 Å². The molecule has 1 amide bonds. The number of hydrogen-bond acceptors (Lipinski definition) is 3. The van der Waals surface area contributed by atoms with Gasteiger partial charge in [0.15, 0.2) is 0 Å². The standard InChI is InChI=1S/C12H17FN2O2/c1-8(14)10-4-3-9(13)7-11(10)17-6-5-12(16)15-2/h3-4,7-8H,5-6,14H2,1-2H3,(H,15,16)/t8-/m0/s1. The maximum absolute atomic E-state index is 13.1. The number of nitrogens with one attached hydrogen (secondary N) is 1. The van der Waals surface area contributed by atoms with Crippen LogP contribution >= 0.6 is 0 Å². The topological polar surface area (TPSA) is 64.3 Å². The minimum absolute atomic E-state index is 0.122. The van der Waals surface area contributed by atoms with Crippen LogP contribution in [0.15, 0.2) is 18.2 Å². The van der Waals surface area contributed by atoms with E-state index in [9.17, 15) is 9.18 Å². The van der Waals surface area contributed by atoms with Crippen LogP contribution in [0.25, 0.3) is 0 Å². The SMILES string of the molecule is CNC(=O)CCOc1cc(F)ccc1[C@H](C)N. The van der Waals surface area contributed by atoms with Crippen LogP contribution in [0, 0.1) is 5.82 Å². The van der Waals surface area contributed by atoms with Crippen LogP contribution in [0.4, 0.5) is 4.39 Å². The molecule has 3 N–H and O–H groups in total. The second-order valence-electron chi connectivity index (χ2n) is 3.74. The molecule has 4 nitrogen and oxygen atoms in total. The fraction of sp³-hybridized carbons (Fsp3) is 0.417. The highest BCUT2D eigenvalue weighted by Gasteiger charge is 2.09. The molecule has 0 fully saturated rings. The van der Waals surface area contributed by atoms with Crippen molar-refractivity contribution in [1.29, 1.82) is 0 Å². The normalized spacial score (nSPS) is 12.0. The van der Waals surface area contributed by atoms with E-state index in [-0.39, 0.29) is 30.8 Å². The second kappa shape index (κ2) is 6.20. The van der Waals surface area contributed by atoms with Gasteiger partial charge in [-0.2, -0.15) is 0 Å². The molecule has 0 aromatic heterocycles. The lowest BCUT2D eigenvalue weighted by molar-refractivity contribution is -0.121. The molecule has 17 heavy (non-hydrogen) atoms. The molecule has 0 heterocycles. The monoisotopic (exact) mass is 240 g/mol. The van der Waals surface area contributed by atoms with Crippen LogP contribution in [0.5, 0.6) is 5.75 Å². The first-order valence-corrected chi connectivity index (χ1v) is 5.43. The summed E-state index contributed by atoms with van der Waals surface area (Å²) in [5.41, 5.74) is 6.47. The minimum Gasteiger partial charge on any atom is -0.493 e. The summed E-state index contributed by atoms with van der Waals surface area (Å²) in [6, 6.07) is 3.97. The van der Waals surface area contributed by atoms with Crippen LogP contribution in [0.2, 0.25) is 0 Å². The number of benzene rings is 1. The van der Waals surface area contributed by atoms with Crippen molar-refractivity contribution in [2.24, 2.45) is 5.73 Å². The first-order valence-electron chi connectivity index (χ1n) is 5.43. The van der Waals surface area contributed by atoms with Gasteiger partial charge in [0.25, 0.3) is 0 Å². The summed E-state index contributed by atoms with van der Waals surface area (Å²) < 4.78 is 18.4. The smallest absolute Gasteiger partial charge is 0.223 e. The minimum atomic E-state index is -0.385. The Labute approximate surface area is 100.0 Å². The first-order chi connectivity index (χ1) is 8.04. The molecular formula is C12H17FN2O2. The van der Waals surface area contributed by atoms with Crippen molar-refractivity contribution in [3.05, 3.63) is 29.6 Å². The van der Waals surface area contributed by atoms with Crippen molar-refractivity contribution in [2.75, 3.05) is 13.7 Å². The second-order valence-corrected chi connectivity index (χ2v) is 3.74. The van der Waals surface area contributed by atoms with Crippen molar-refractivity contribution >= 4 is 5.91 Å². The molecule has 0 aliphatic heterocycles. The zero-order chi connectivity index (χ0) is 12.8. The summed E-state index contributed by atoms with van der Waals surface area (Å²) >= 11 is 0. The first kappa shape index (κ1) is 13.4. The Bertz CT molecular complexity index is 394. The van der Waals surface area contributed by atoms with Crippen LogP contribution < -0.4 is 15.8 Å². The number of rotatable bonds is 5. The van der Waals surface area contributed by atoms with Gasteiger partial charge in [0.2, 0.25) is 5.91 Å². The molecule has 0 bridgehead atoms. The highest BCUT2D eigenvalue weighted by atomic mass is 19.1. The van der Waals surface area contributed by atoms with Gasteiger partial charge >= 0.3 is 0 Å². The molecular weight excluding hydrogens is 223 g/mol.